The SMILES string of the molecule is COc1ccc(C[C@@H]2CN3C(=NC[C@H]3C3CCCCC3)N2C(C)C23CC4CC(CC(C4)C2)C3)cc1. The van der Waals surface area contributed by atoms with Crippen LogP contribution in [0.2, 0.25) is 0 Å². The number of hydrogen-bond acceptors (Lipinski definition) is 4. The van der Waals surface area contributed by atoms with E-state index in [0.717, 1.165) is 42.4 Å². The maximum absolute atomic E-state index is 5.44. The highest BCUT2D eigenvalue weighted by Gasteiger charge is 2.57. The summed E-state index contributed by atoms with van der Waals surface area (Å²) < 4.78 is 5.44. The van der Waals surface area contributed by atoms with Gasteiger partial charge in [-0.3, -0.25) is 4.99 Å². The highest BCUT2D eigenvalue weighted by Crippen LogP contribution is 2.62. The Kier molecular flexibility index (Phi) is 5.59. The maximum Gasteiger partial charge on any atom is 0.197 e. The van der Waals surface area contributed by atoms with Crippen molar-refractivity contribution in [1.82, 2.24) is 9.80 Å². The molecule has 3 atom stereocenters. The topological polar surface area (TPSA) is 28.1 Å². The summed E-state index contributed by atoms with van der Waals surface area (Å²) in [5.41, 5.74) is 1.96. The van der Waals surface area contributed by atoms with Gasteiger partial charge >= 0.3 is 0 Å². The summed E-state index contributed by atoms with van der Waals surface area (Å²) in [6, 6.07) is 10.6. The Hall–Kier alpha value is -1.71. The largest absolute Gasteiger partial charge is 0.497 e. The molecule has 0 amide bonds. The first-order chi connectivity index (χ1) is 17.1. The van der Waals surface area contributed by atoms with Gasteiger partial charge in [-0.05, 0) is 111 Å². The van der Waals surface area contributed by atoms with Gasteiger partial charge in [-0.2, -0.15) is 0 Å². The zero-order valence-corrected chi connectivity index (χ0v) is 22.0. The van der Waals surface area contributed by atoms with Crippen molar-refractivity contribution in [3.63, 3.8) is 0 Å². The Morgan fingerprint density at radius 2 is 1.63 bits per heavy atom. The van der Waals surface area contributed by atoms with Crippen molar-refractivity contribution in [1.29, 1.82) is 0 Å². The van der Waals surface area contributed by atoms with Gasteiger partial charge in [0.2, 0.25) is 0 Å². The van der Waals surface area contributed by atoms with Crippen molar-refractivity contribution in [2.24, 2.45) is 34.1 Å². The van der Waals surface area contributed by atoms with E-state index in [9.17, 15) is 0 Å². The lowest BCUT2D eigenvalue weighted by atomic mass is 9.47. The number of methoxy groups -OCH3 is 1. The quantitative estimate of drug-likeness (QED) is 0.494. The van der Waals surface area contributed by atoms with Gasteiger partial charge in [0, 0.05) is 12.6 Å². The van der Waals surface area contributed by atoms with E-state index >= 15 is 0 Å². The Labute approximate surface area is 212 Å². The van der Waals surface area contributed by atoms with Crippen LogP contribution in [0.3, 0.4) is 0 Å². The van der Waals surface area contributed by atoms with Crippen LogP contribution < -0.4 is 4.74 Å². The molecule has 0 aromatic heterocycles. The molecule has 0 N–H and O–H groups in total. The van der Waals surface area contributed by atoms with Crippen molar-refractivity contribution in [2.75, 3.05) is 20.2 Å². The predicted octanol–water partition coefficient (Wildman–Crippen LogP) is 6.15. The van der Waals surface area contributed by atoms with Crippen LogP contribution in [0, 0.1) is 29.1 Å². The molecule has 7 aliphatic rings. The maximum atomic E-state index is 5.44. The minimum absolute atomic E-state index is 0.522. The van der Waals surface area contributed by atoms with Crippen molar-refractivity contribution >= 4 is 5.96 Å². The molecule has 1 saturated heterocycles. The minimum Gasteiger partial charge on any atom is -0.497 e. The molecule has 4 nitrogen and oxygen atoms in total. The van der Waals surface area contributed by atoms with Crippen molar-refractivity contribution in [2.45, 2.75) is 102 Å². The molecule has 1 unspecified atom stereocenters. The van der Waals surface area contributed by atoms with E-state index in [1.165, 1.54) is 88.7 Å². The minimum atomic E-state index is 0.522. The molecule has 1 aromatic rings. The number of aliphatic imine (C=N–C) groups is 1. The van der Waals surface area contributed by atoms with Crippen LogP contribution >= 0.6 is 0 Å². The Morgan fingerprint density at radius 3 is 2.26 bits per heavy atom. The molecule has 190 valence electrons. The second-order valence-corrected chi connectivity index (χ2v) is 13.3. The molecule has 5 saturated carbocycles. The Bertz CT molecular complexity index is 913. The third-order valence-electron chi connectivity index (χ3n) is 11.3. The number of nitrogens with zero attached hydrogens (tertiary/aromatic N) is 3. The van der Waals surface area contributed by atoms with Crippen LogP contribution in [-0.4, -0.2) is 54.1 Å². The van der Waals surface area contributed by atoms with E-state index in [1.54, 1.807) is 7.11 Å². The summed E-state index contributed by atoms with van der Waals surface area (Å²) in [6.07, 6.45) is 17.2. The Balaban J connectivity index is 1.18. The average molecular weight is 476 g/mol. The molecule has 6 fully saturated rings. The van der Waals surface area contributed by atoms with Gasteiger partial charge in [0.05, 0.1) is 25.7 Å². The monoisotopic (exact) mass is 475 g/mol. The fourth-order valence-electron chi connectivity index (χ4n) is 10.0. The first kappa shape index (κ1) is 22.5. The molecule has 4 bridgehead atoms. The lowest BCUT2D eigenvalue weighted by Gasteiger charge is -2.60. The van der Waals surface area contributed by atoms with E-state index in [-0.39, 0.29) is 0 Å². The summed E-state index contributed by atoms with van der Waals surface area (Å²) in [4.78, 5) is 11.0. The van der Waals surface area contributed by atoms with Crippen molar-refractivity contribution in [3.8, 4) is 5.75 Å². The summed E-state index contributed by atoms with van der Waals surface area (Å²) >= 11 is 0. The highest BCUT2D eigenvalue weighted by atomic mass is 16.5. The molecule has 4 heteroatoms. The smallest absolute Gasteiger partial charge is 0.197 e. The summed E-state index contributed by atoms with van der Waals surface area (Å²) in [7, 11) is 1.76. The van der Waals surface area contributed by atoms with E-state index in [2.05, 4.69) is 41.0 Å². The fraction of sp³-hybridized carbons (Fsp3) is 0.774. The number of rotatable bonds is 6. The lowest BCUT2D eigenvalue weighted by Crippen LogP contribution is -2.58. The van der Waals surface area contributed by atoms with Gasteiger partial charge < -0.3 is 14.5 Å². The van der Waals surface area contributed by atoms with Gasteiger partial charge in [0.15, 0.2) is 5.96 Å². The van der Waals surface area contributed by atoms with E-state index in [1.807, 2.05) is 0 Å². The molecule has 8 rings (SSSR count). The molecule has 2 aliphatic heterocycles. The molecule has 0 radical (unpaired) electrons. The lowest BCUT2D eigenvalue weighted by molar-refractivity contribution is -0.0885. The number of fused-ring (bicyclic) bond motifs is 1. The number of benzene rings is 1. The van der Waals surface area contributed by atoms with Gasteiger partial charge in [0.25, 0.3) is 0 Å². The molecular weight excluding hydrogens is 430 g/mol. The number of guanidine groups is 1. The first-order valence-electron chi connectivity index (χ1n) is 14.8. The average Bonchev–Trinajstić information content (AvgIpc) is 3.42. The molecule has 35 heavy (non-hydrogen) atoms. The van der Waals surface area contributed by atoms with Crippen LogP contribution in [0.4, 0.5) is 0 Å². The molecule has 2 heterocycles. The van der Waals surface area contributed by atoms with E-state index < -0.39 is 0 Å². The third-order valence-corrected chi connectivity index (χ3v) is 11.3. The zero-order valence-electron chi connectivity index (χ0n) is 22.0. The summed E-state index contributed by atoms with van der Waals surface area (Å²) in [6.45, 7) is 4.82. The number of ether oxygens (including phenoxy) is 1. The van der Waals surface area contributed by atoms with Crippen LogP contribution in [-0.2, 0) is 6.42 Å². The fourth-order valence-corrected chi connectivity index (χ4v) is 10.0. The van der Waals surface area contributed by atoms with E-state index in [0.29, 0.717) is 23.5 Å². The summed E-state index contributed by atoms with van der Waals surface area (Å²) in [5.74, 6) is 6.19. The number of hydrogen-bond donors (Lipinski definition) is 0. The zero-order chi connectivity index (χ0) is 23.6. The van der Waals surface area contributed by atoms with Crippen LogP contribution in [0.15, 0.2) is 29.3 Å². The van der Waals surface area contributed by atoms with Crippen molar-refractivity contribution < 1.29 is 4.74 Å². The van der Waals surface area contributed by atoms with Crippen LogP contribution in [0.1, 0.15) is 83.1 Å². The summed E-state index contributed by atoms with van der Waals surface area (Å²) in [5, 5.41) is 0. The van der Waals surface area contributed by atoms with E-state index in [4.69, 9.17) is 9.73 Å². The third kappa shape index (κ3) is 3.80. The highest BCUT2D eigenvalue weighted by molar-refractivity contribution is 5.85. The van der Waals surface area contributed by atoms with Gasteiger partial charge in [-0.15, -0.1) is 0 Å². The normalized spacial score (nSPS) is 39.1. The molecule has 5 aliphatic carbocycles. The first-order valence-corrected chi connectivity index (χ1v) is 14.8. The van der Waals surface area contributed by atoms with Gasteiger partial charge in [-0.1, -0.05) is 31.4 Å². The molecule has 1 aromatic carbocycles. The standard InChI is InChI=1S/C31H45N3O/c1-21(31-16-23-12-24(17-31)14-25(13-23)18-31)34-27(15-22-8-10-28(35-2)11-9-22)20-33-29(19-32-30(33)34)26-6-4-3-5-7-26/h8-11,21,23-27,29H,3-7,12-20H2,1-2H3/t21?,23?,24?,25?,27-,29+,31?/m1/s1. The van der Waals surface area contributed by atoms with Crippen molar-refractivity contribution in [3.05, 3.63) is 29.8 Å². The molecular formula is C31H45N3O. The van der Waals surface area contributed by atoms with Crippen LogP contribution in [0.5, 0.6) is 5.75 Å². The Morgan fingerprint density at radius 1 is 0.971 bits per heavy atom. The predicted molar refractivity (Wildman–Crippen MR) is 142 cm³/mol. The van der Waals surface area contributed by atoms with Gasteiger partial charge in [-0.25, -0.2) is 0 Å². The second kappa shape index (κ2) is 8.70. The molecule has 0 spiro atoms. The second-order valence-electron chi connectivity index (χ2n) is 13.3. The van der Waals surface area contributed by atoms with Gasteiger partial charge in [0.1, 0.15) is 5.75 Å². The van der Waals surface area contributed by atoms with Crippen LogP contribution in [0.25, 0.3) is 0 Å².